The Morgan fingerprint density at radius 1 is 1.08 bits per heavy atom. The van der Waals surface area contributed by atoms with Crippen LogP contribution in [-0.2, 0) is 19.7 Å². The van der Waals surface area contributed by atoms with E-state index >= 15 is 0 Å². The quantitative estimate of drug-likeness (QED) is 0.223. The van der Waals surface area contributed by atoms with E-state index in [2.05, 4.69) is 0 Å². The van der Waals surface area contributed by atoms with Gasteiger partial charge in [-0.1, -0.05) is 39.5 Å². The second-order valence-electron chi connectivity index (χ2n) is 6.13. The minimum Gasteiger partial charge on any atom is -0.550 e. The molecule has 2 N–H and O–H groups in total. The minimum atomic E-state index is -4.31. The van der Waals surface area contributed by atoms with Crippen molar-refractivity contribution in [1.29, 1.82) is 0 Å². The number of carbonyl (C=O) groups is 2. The third-order valence-corrected chi connectivity index (χ3v) is 5.06. The molecule has 8 nitrogen and oxygen atoms in total. The molecule has 0 aromatic heterocycles. The van der Waals surface area contributed by atoms with Crippen LogP contribution in [0.3, 0.4) is 0 Å². The summed E-state index contributed by atoms with van der Waals surface area (Å²) in [5, 5.41) is 33.2. The van der Waals surface area contributed by atoms with Gasteiger partial charge in [-0.3, -0.25) is 4.55 Å². The molecule has 0 spiro atoms. The van der Waals surface area contributed by atoms with Gasteiger partial charge in [0, 0.05) is 11.9 Å². The molecule has 0 fully saturated rings. The number of carboxylic acid groups (broad SMARTS) is 2. The third kappa shape index (κ3) is 11.6. The normalized spacial score (nSPS) is 15.7. The number of rotatable bonds is 13. The molecule has 0 rings (SSSR count). The van der Waals surface area contributed by atoms with Gasteiger partial charge in [0.15, 0.2) is 0 Å². The number of hydrogen-bond acceptors (Lipinski definition) is 7. The molecule has 3 unspecified atom stereocenters. The zero-order valence-corrected chi connectivity index (χ0v) is 20.9. The summed E-state index contributed by atoms with van der Waals surface area (Å²) in [5.41, 5.74) is -2.65. The molecular weight excluding hydrogens is 386 g/mol. The molecule has 0 aliphatic heterocycles. The summed E-state index contributed by atoms with van der Waals surface area (Å²) in [6.07, 6.45) is 1.78. The average Bonchev–Trinajstić information content (AvgIpc) is 2.46. The van der Waals surface area contributed by atoms with Gasteiger partial charge in [-0.05, 0) is 25.2 Å². The second kappa shape index (κ2) is 14.8. The first-order chi connectivity index (χ1) is 11.0. The monoisotopic (exact) mass is 412 g/mol. The summed E-state index contributed by atoms with van der Waals surface area (Å²) < 4.78 is 30.1. The molecule has 0 saturated carbocycles. The number of unbranched alkanes of at least 4 members (excludes halogenated alkanes) is 1. The predicted octanol–water partition coefficient (Wildman–Crippen LogP) is -6.88. The van der Waals surface area contributed by atoms with Crippen LogP contribution in [-0.4, -0.2) is 41.4 Å². The largest absolute Gasteiger partial charge is 1.00 e. The Labute approximate surface area is 199 Å². The van der Waals surface area contributed by atoms with Crippen molar-refractivity contribution in [2.45, 2.75) is 64.4 Å². The summed E-state index contributed by atoms with van der Waals surface area (Å²) in [6.45, 7) is 3.76. The molecule has 26 heavy (non-hydrogen) atoms. The molecule has 142 valence electrons. The van der Waals surface area contributed by atoms with Crippen molar-refractivity contribution in [3.05, 3.63) is 0 Å². The van der Waals surface area contributed by atoms with Gasteiger partial charge < -0.3 is 24.9 Å². The minimum absolute atomic E-state index is 0. The van der Waals surface area contributed by atoms with E-state index in [1.807, 2.05) is 13.8 Å². The average molecular weight is 412 g/mol. The van der Waals surface area contributed by atoms with Gasteiger partial charge in [-0.15, -0.1) is 0 Å². The van der Waals surface area contributed by atoms with Crippen LogP contribution in [0.4, 0.5) is 0 Å². The van der Waals surface area contributed by atoms with Crippen LogP contribution in [0.25, 0.3) is 0 Å². The number of aliphatic hydroxyl groups is 1. The van der Waals surface area contributed by atoms with E-state index in [1.165, 1.54) is 0 Å². The SMILES string of the molecule is CCCCC(CC)CC(O)(C(=O)[O-])C(CCCS(=O)(=O)O)C(=O)[O-].[Na+].[Na+]. The number of hydrogen-bond donors (Lipinski definition) is 2. The summed E-state index contributed by atoms with van der Waals surface area (Å²) >= 11 is 0. The van der Waals surface area contributed by atoms with Crippen molar-refractivity contribution < 1.29 is 97.0 Å². The Kier molecular flexibility index (Phi) is 17.9. The van der Waals surface area contributed by atoms with Crippen molar-refractivity contribution in [2.24, 2.45) is 11.8 Å². The molecule has 0 aromatic rings. The van der Waals surface area contributed by atoms with E-state index in [-0.39, 0.29) is 77.9 Å². The molecule has 0 amide bonds. The van der Waals surface area contributed by atoms with Crippen LogP contribution < -0.4 is 69.3 Å². The summed E-state index contributed by atoms with van der Waals surface area (Å²) in [6, 6.07) is 0. The van der Waals surface area contributed by atoms with Gasteiger partial charge in [0.2, 0.25) is 0 Å². The maximum atomic E-state index is 11.4. The van der Waals surface area contributed by atoms with Gasteiger partial charge >= 0.3 is 59.1 Å². The Morgan fingerprint density at radius 2 is 1.62 bits per heavy atom. The Hall–Kier alpha value is 0.810. The third-order valence-electron chi connectivity index (χ3n) is 4.25. The fraction of sp³-hybridized carbons (Fsp3) is 0.867. The van der Waals surface area contributed by atoms with Crippen molar-refractivity contribution >= 4 is 22.1 Å². The van der Waals surface area contributed by atoms with E-state index in [4.69, 9.17) is 4.55 Å². The van der Waals surface area contributed by atoms with Crippen molar-refractivity contribution in [1.82, 2.24) is 0 Å². The summed E-state index contributed by atoms with van der Waals surface area (Å²) in [5.74, 6) is -6.47. The van der Waals surface area contributed by atoms with Crippen LogP contribution in [0.1, 0.15) is 58.8 Å². The Balaban J connectivity index is -0.00000264. The number of carbonyl (C=O) groups excluding carboxylic acids is 2. The van der Waals surface area contributed by atoms with Gasteiger partial charge in [0.1, 0.15) is 5.60 Å². The summed E-state index contributed by atoms with van der Waals surface area (Å²) in [4.78, 5) is 22.7. The molecule has 0 aliphatic rings. The first-order valence-electron chi connectivity index (χ1n) is 8.07. The van der Waals surface area contributed by atoms with Crippen molar-refractivity contribution in [2.75, 3.05) is 5.75 Å². The van der Waals surface area contributed by atoms with Gasteiger partial charge in [-0.2, -0.15) is 8.42 Å². The van der Waals surface area contributed by atoms with Crippen LogP contribution >= 0.6 is 0 Å². The van der Waals surface area contributed by atoms with E-state index < -0.39 is 45.7 Å². The first kappa shape index (κ1) is 31.5. The first-order valence-corrected chi connectivity index (χ1v) is 9.68. The van der Waals surface area contributed by atoms with Gasteiger partial charge in [0.25, 0.3) is 10.1 Å². The van der Waals surface area contributed by atoms with E-state index in [1.54, 1.807) is 0 Å². The topological polar surface area (TPSA) is 155 Å². The van der Waals surface area contributed by atoms with Crippen LogP contribution in [0, 0.1) is 11.8 Å². The van der Waals surface area contributed by atoms with E-state index in [0.717, 1.165) is 12.8 Å². The number of aliphatic carboxylic acids is 2. The molecular formula is C15H26Na2O8S. The van der Waals surface area contributed by atoms with Gasteiger partial charge in [0.05, 0.1) is 11.7 Å². The summed E-state index contributed by atoms with van der Waals surface area (Å²) in [7, 11) is -4.31. The molecule has 0 radical (unpaired) electrons. The molecule has 0 aliphatic carbocycles. The standard InChI is InChI=1S/C15H28O8S.2Na/c1-3-5-7-11(4-2)10-15(20,14(18)19)12(13(16)17)8-6-9-24(21,22)23;;/h11-12,20H,3-10H2,1-2H3,(H,16,17)(H,18,19)(H,21,22,23);;/q;2*+1/p-2. The van der Waals surface area contributed by atoms with Crippen molar-refractivity contribution in [3.63, 3.8) is 0 Å². The molecule has 3 atom stereocenters. The molecule has 0 heterocycles. The Bertz CT molecular complexity index is 526. The van der Waals surface area contributed by atoms with Gasteiger partial charge in [-0.25, -0.2) is 0 Å². The zero-order chi connectivity index (χ0) is 19.0. The zero-order valence-electron chi connectivity index (χ0n) is 16.1. The number of carboxylic acids is 2. The second-order valence-corrected chi connectivity index (χ2v) is 7.70. The molecule has 0 aromatic carbocycles. The molecule has 11 heteroatoms. The maximum Gasteiger partial charge on any atom is 1.00 e. The fourth-order valence-corrected chi connectivity index (χ4v) is 3.30. The smallest absolute Gasteiger partial charge is 0.550 e. The molecule has 0 saturated heterocycles. The fourth-order valence-electron chi connectivity index (χ4n) is 2.77. The van der Waals surface area contributed by atoms with E-state index in [0.29, 0.717) is 12.8 Å². The Morgan fingerprint density at radius 3 is 1.96 bits per heavy atom. The van der Waals surface area contributed by atoms with Crippen LogP contribution in [0.15, 0.2) is 0 Å². The maximum absolute atomic E-state index is 11.4. The molecule has 0 bridgehead atoms. The van der Waals surface area contributed by atoms with Crippen LogP contribution in [0.5, 0.6) is 0 Å². The van der Waals surface area contributed by atoms with E-state index in [9.17, 15) is 33.3 Å². The van der Waals surface area contributed by atoms with Crippen LogP contribution in [0.2, 0.25) is 0 Å². The predicted molar refractivity (Wildman–Crippen MR) is 82.0 cm³/mol. The van der Waals surface area contributed by atoms with Crippen molar-refractivity contribution in [3.8, 4) is 0 Å².